The van der Waals surface area contributed by atoms with Crippen molar-refractivity contribution in [1.82, 2.24) is 19.8 Å². The smallest absolute Gasteiger partial charge is 0.475 e. The van der Waals surface area contributed by atoms with E-state index in [0.717, 1.165) is 56.9 Å². The number of anilines is 2. The van der Waals surface area contributed by atoms with Gasteiger partial charge in [-0.05, 0) is 51.3 Å². The van der Waals surface area contributed by atoms with Gasteiger partial charge in [-0.1, -0.05) is 0 Å². The summed E-state index contributed by atoms with van der Waals surface area (Å²) >= 11 is 0. The lowest BCUT2D eigenvalue weighted by molar-refractivity contribution is -0.192. The molecule has 0 atom stereocenters. The van der Waals surface area contributed by atoms with Gasteiger partial charge in [-0.15, -0.1) is 0 Å². The van der Waals surface area contributed by atoms with E-state index in [4.69, 9.17) is 14.6 Å². The van der Waals surface area contributed by atoms with Crippen molar-refractivity contribution in [2.24, 2.45) is 0 Å². The number of aromatic nitrogens is 2. The summed E-state index contributed by atoms with van der Waals surface area (Å²) in [5, 5.41) is 7.12. The molecule has 0 aliphatic carbocycles. The SMILES string of the molecule is CCN(CC)C(=O)CN1CCC(Oc2ncnc3c2CCN3c2ccc(S(C)(=O)=O)cc2F)CC1.O=C(O)C(F)(F)F. The monoisotopic (exact) mass is 619 g/mol. The topological polar surface area (TPSA) is 133 Å². The van der Waals surface area contributed by atoms with E-state index in [1.165, 1.54) is 18.5 Å². The Kier molecular flexibility index (Phi) is 10.7. The molecule has 232 valence electrons. The predicted octanol–water partition coefficient (Wildman–Crippen LogP) is 3.06. The number of benzene rings is 1. The minimum Gasteiger partial charge on any atom is -0.475 e. The Morgan fingerprint density at radius 2 is 1.74 bits per heavy atom. The van der Waals surface area contributed by atoms with Crippen molar-refractivity contribution in [3.8, 4) is 5.88 Å². The van der Waals surface area contributed by atoms with Crippen molar-refractivity contribution in [2.75, 3.05) is 50.4 Å². The third kappa shape index (κ3) is 8.27. The second-order valence-corrected chi connectivity index (χ2v) is 11.7. The average Bonchev–Trinajstić information content (AvgIpc) is 3.35. The van der Waals surface area contributed by atoms with E-state index in [-0.39, 0.29) is 22.6 Å². The Morgan fingerprint density at radius 1 is 1.12 bits per heavy atom. The van der Waals surface area contributed by atoms with E-state index < -0.39 is 27.8 Å². The molecule has 0 saturated carbocycles. The van der Waals surface area contributed by atoms with Crippen LogP contribution >= 0.6 is 0 Å². The summed E-state index contributed by atoms with van der Waals surface area (Å²) in [5.74, 6) is -2.15. The third-order valence-electron chi connectivity index (χ3n) is 6.89. The summed E-state index contributed by atoms with van der Waals surface area (Å²) in [6.45, 7) is 7.88. The molecule has 1 aromatic heterocycles. The molecule has 0 unspecified atom stereocenters. The highest BCUT2D eigenvalue weighted by Crippen LogP contribution is 2.38. The van der Waals surface area contributed by atoms with Crippen LogP contribution in [0.25, 0.3) is 0 Å². The number of alkyl halides is 3. The first-order valence-electron chi connectivity index (χ1n) is 13.2. The molecule has 1 N–H and O–H groups in total. The molecule has 1 aromatic carbocycles. The van der Waals surface area contributed by atoms with E-state index in [0.29, 0.717) is 31.2 Å². The number of ether oxygens (including phenoxy) is 1. The number of nitrogens with zero attached hydrogens (tertiary/aromatic N) is 5. The number of hydrogen-bond acceptors (Lipinski definition) is 9. The summed E-state index contributed by atoms with van der Waals surface area (Å²) in [4.78, 5) is 35.7. The zero-order valence-electron chi connectivity index (χ0n) is 23.4. The molecule has 1 fully saturated rings. The molecular formula is C26H33F4N5O6S. The number of aliphatic carboxylic acids is 1. The summed E-state index contributed by atoms with van der Waals surface area (Å²) in [7, 11) is -3.50. The van der Waals surface area contributed by atoms with Crippen LogP contribution in [-0.2, 0) is 25.8 Å². The van der Waals surface area contributed by atoms with Gasteiger partial charge in [0.2, 0.25) is 11.8 Å². The quantitative estimate of drug-likeness (QED) is 0.440. The molecule has 42 heavy (non-hydrogen) atoms. The summed E-state index contributed by atoms with van der Waals surface area (Å²) in [6, 6.07) is 3.92. The summed E-state index contributed by atoms with van der Waals surface area (Å²) < 4.78 is 76.3. The van der Waals surface area contributed by atoms with E-state index in [1.807, 2.05) is 18.7 Å². The first kappa shape index (κ1) is 33.0. The molecule has 2 aliphatic rings. The number of halogens is 4. The summed E-state index contributed by atoms with van der Waals surface area (Å²) in [5.41, 5.74) is 1.09. The van der Waals surface area contributed by atoms with Gasteiger partial charge in [-0.25, -0.2) is 27.6 Å². The standard InChI is InChI=1S/C24H32FN5O4S.C2HF3O2/c1-4-29(5-2)22(31)15-28-11-8-17(9-12-28)34-24-19-10-13-30(23(19)26-16-27-24)21-7-6-18(14-20(21)25)35(3,32)33;3-2(4,5)1(6)7/h6-7,14,16-17H,4-5,8-13,15H2,1-3H3;(H,6,7). The van der Waals surface area contributed by atoms with Gasteiger partial charge < -0.3 is 19.6 Å². The van der Waals surface area contributed by atoms with Gasteiger partial charge in [0.15, 0.2) is 9.84 Å². The third-order valence-corrected chi connectivity index (χ3v) is 8.00. The lowest BCUT2D eigenvalue weighted by Crippen LogP contribution is -2.45. The zero-order valence-corrected chi connectivity index (χ0v) is 24.2. The lowest BCUT2D eigenvalue weighted by Gasteiger charge is -2.33. The van der Waals surface area contributed by atoms with E-state index in [9.17, 15) is 30.8 Å². The first-order valence-corrected chi connectivity index (χ1v) is 15.1. The highest BCUT2D eigenvalue weighted by Gasteiger charge is 2.38. The maximum Gasteiger partial charge on any atom is 0.490 e. The normalized spacial score (nSPS) is 15.9. The van der Waals surface area contributed by atoms with Crippen LogP contribution in [0.1, 0.15) is 32.3 Å². The molecule has 16 heteroatoms. The molecule has 2 aromatic rings. The van der Waals surface area contributed by atoms with Gasteiger partial charge in [-0.3, -0.25) is 9.69 Å². The lowest BCUT2D eigenvalue weighted by atomic mass is 10.1. The number of carbonyl (C=O) groups is 2. The fourth-order valence-corrected chi connectivity index (χ4v) is 5.29. The van der Waals surface area contributed by atoms with Crippen LogP contribution in [0.15, 0.2) is 29.4 Å². The van der Waals surface area contributed by atoms with Crippen LogP contribution in [0.5, 0.6) is 5.88 Å². The van der Waals surface area contributed by atoms with Crippen LogP contribution < -0.4 is 9.64 Å². The van der Waals surface area contributed by atoms with E-state index >= 15 is 0 Å². The van der Waals surface area contributed by atoms with Crippen molar-refractivity contribution in [3.05, 3.63) is 35.9 Å². The first-order chi connectivity index (χ1) is 19.6. The summed E-state index contributed by atoms with van der Waals surface area (Å²) in [6.07, 6.45) is -0.473. The fraction of sp³-hybridized carbons (Fsp3) is 0.538. The van der Waals surface area contributed by atoms with Crippen molar-refractivity contribution < 1.29 is 45.4 Å². The molecule has 1 amide bonds. The zero-order chi connectivity index (χ0) is 31.2. The highest BCUT2D eigenvalue weighted by atomic mass is 32.2. The van der Waals surface area contributed by atoms with Crippen LogP contribution in [0.3, 0.4) is 0 Å². The number of carboxylic acid groups (broad SMARTS) is 1. The largest absolute Gasteiger partial charge is 0.490 e. The molecule has 0 radical (unpaired) electrons. The van der Waals surface area contributed by atoms with Gasteiger partial charge >= 0.3 is 12.1 Å². The van der Waals surface area contributed by atoms with Gasteiger partial charge in [0.1, 0.15) is 24.1 Å². The van der Waals surface area contributed by atoms with E-state index in [2.05, 4.69) is 14.9 Å². The second-order valence-electron chi connectivity index (χ2n) is 9.73. The molecule has 11 nitrogen and oxygen atoms in total. The minimum absolute atomic E-state index is 0.0198. The van der Waals surface area contributed by atoms with Gasteiger partial charge in [0, 0.05) is 39.0 Å². The maximum atomic E-state index is 14.8. The van der Waals surface area contributed by atoms with E-state index in [1.54, 1.807) is 4.90 Å². The number of likely N-dealkylation sites (tertiary alicyclic amines) is 1. The van der Waals surface area contributed by atoms with Crippen LogP contribution in [-0.4, -0.2) is 103 Å². The Hall–Kier alpha value is -3.53. The van der Waals surface area contributed by atoms with Gasteiger partial charge in [-0.2, -0.15) is 13.2 Å². The average molecular weight is 620 g/mol. The Bertz CT molecular complexity index is 1380. The van der Waals surface area contributed by atoms with Crippen molar-refractivity contribution >= 4 is 33.2 Å². The number of amides is 1. The number of carbonyl (C=O) groups excluding carboxylic acids is 1. The number of rotatable bonds is 8. The molecule has 0 spiro atoms. The van der Waals surface area contributed by atoms with Crippen molar-refractivity contribution in [3.63, 3.8) is 0 Å². The Labute approximate surface area is 241 Å². The van der Waals surface area contributed by atoms with Crippen LogP contribution in [0.2, 0.25) is 0 Å². The Balaban J connectivity index is 0.000000616. The van der Waals surface area contributed by atoms with Crippen molar-refractivity contribution in [2.45, 2.75) is 50.3 Å². The van der Waals surface area contributed by atoms with Gasteiger partial charge in [0.05, 0.1) is 22.7 Å². The predicted molar refractivity (Wildman–Crippen MR) is 144 cm³/mol. The number of piperidine rings is 1. The maximum absolute atomic E-state index is 14.8. The molecule has 3 heterocycles. The van der Waals surface area contributed by atoms with Gasteiger partial charge in [0.25, 0.3) is 0 Å². The number of likely N-dealkylation sites (N-methyl/N-ethyl adjacent to an activating group) is 1. The van der Waals surface area contributed by atoms with Crippen LogP contribution in [0, 0.1) is 5.82 Å². The number of sulfone groups is 1. The second kappa shape index (κ2) is 13.6. The number of fused-ring (bicyclic) bond motifs is 1. The van der Waals surface area contributed by atoms with Crippen LogP contribution in [0.4, 0.5) is 29.1 Å². The van der Waals surface area contributed by atoms with Crippen molar-refractivity contribution in [1.29, 1.82) is 0 Å². The highest BCUT2D eigenvalue weighted by molar-refractivity contribution is 7.90. The molecular weight excluding hydrogens is 586 g/mol. The Morgan fingerprint density at radius 3 is 2.26 bits per heavy atom. The molecule has 0 bridgehead atoms. The molecule has 4 rings (SSSR count). The molecule has 2 aliphatic heterocycles. The fourth-order valence-electron chi connectivity index (χ4n) is 4.65. The molecule has 1 saturated heterocycles. The number of hydrogen-bond donors (Lipinski definition) is 1. The minimum atomic E-state index is -5.08. The number of carboxylic acids is 1.